The number of rotatable bonds is 0. The molecule has 0 aliphatic rings. The van der Waals surface area contributed by atoms with Crippen LogP contribution in [0.3, 0.4) is 0 Å². The maximum absolute atomic E-state index is 5.29. The minimum atomic E-state index is 0.932. The van der Waals surface area contributed by atoms with E-state index in [1.54, 1.807) is 0 Å². The Kier molecular flexibility index (Phi) is 1.41. The van der Waals surface area contributed by atoms with Crippen LogP contribution < -0.4 is 0 Å². The molecule has 1 aromatic heterocycles. The average molecular weight is 155 g/mol. The lowest BCUT2D eigenvalue weighted by molar-refractivity contribution is 1.30. The first kappa shape index (κ1) is 7.00. The predicted molar refractivity (Wildman–Crippen MR) is 51.0 cm³/mol. The zero-order valence-corrected chi connectivity index (χ0v) is 6.89. The minimum Gasteiger partial charge on any atom is -0.359 e. The molecule has 0 atom stereocenters. The molecule has 1 heteroatoms. The van der Waals surface area contributed by atoms with Gasteiger partial charge in [-0.3, -0.25) is 0 Å². The van der Waals surface area contributed by atoms with Gasteiger partial charge in [0.1, 0.15) is 0 Å². The second-order valence-electron chi connectivity index (χ2n) is 2.90. The monoisotopic (exact) mass is 155 g/mol. The van der Waals surface area contributed by atoms with Crippen molar-refractivity contribution >= 4 is 10.9 Å². The van der Waals surface area contributed by atoms with Crippen LogP contribution in [0.1, 0.15) is 11.3 Å². The van der Waals surface area contributed by atoms with Crippen molar-refractivity contribution in [3.8, 4) is 12.3 Å². The van der Waals surface area contributed by atoms with E-state index < -0.39 is 0 Å². The molecule has 0 spiro atoms. The normalized spacial score (nSPS) is 10.0. The van der Waals surface area contributed by atoms with Gasteiger partial charge in [-0.05, 0) is 31.2 Å². The van der Waals surface area contributed by atoms with Crippen LogP contribution >= 0.6 is 0 Å². The highest BCUT2D eigenvalue weighted by Crippen LogP contribution is 2.15. The summed E-state index contributed by atoms with van der Waals surface area (Å²) in [6.45, 7) is 2.04. The zero-order valence-electron chi connectivity index (χ0n) is 6.89. The minimum absolute atomic E-state index is 0.932. The van der Waals surface area contributed by atoms with Crippen LogP contribution in [0.5, 0.6) is 0 Å². The van der Waals surface area contributed by atoms with Gasteiger partial charge in [0.25, 0.3) is 0 Å². The summed E-state index contributed by atoms with van der Waals surface area (Å²) in [5.41, 5.74) is 3.24. The molecule has 0 unspecified atom stereocenters. The summed E-state index contributed by atoms with van der Waals surface area (Å²) in [4.78, 5) is 3.24. The summed E-state index contributed by atoms with van der Waals surface area (Å²) in [7, 11) is 0. The Hall–Kier alpha value is -1.68. The third-order valence-corrected chi connectivity index (χ3v) is 1.92. The van der Waals surface area contributed by atoms with Gasteiger partial charge in [0.15, 0.2) is 0 Å². The molecule has 0 saturated heterocycles. The maximum atomic E-state index is 5.29. The van der Waals surface area contributed by atoms with E-state index >= 15 is 0 Å². The van der Waals surface area contributed by atoms with Gasteiger partial charge < -0.3 is 4.98 Å². The summed E-state index contributed by atoms with van der Waals surface area (Å²) >= 11 is 0. The highest BCUT2D eigenvalue weighted by Gasteiger charge is 1.96. The molecule has 0 radical (unpaired) electrons. The van der Waals surface area contributed by atoms with E-state index in [9.17, 15) is 0 Å². The molecule has 1 nitrogen and oxygen atoms in total. The second-order valence-corrected chi connectivity index (χ2v) is 2.90. The van der Waals surface area contributed by atoms with E-state index in [0.717, 1.165) is 11.1 Å². The number of hydrogen-bond donors (Lipinski definition) is 1. The first-order chi connectivity index (χ1) is 5.79. The van der Waals surface area contributed by atoms with Gasteiger partial charge in [-0.2, -0.15) is 0 Å². The van der Waals surface area contributed by atoms with Gasteiger partial charge in [0.05, 0.1) is 0 Å². The lowest BCUT2D eigenvalue weighted by atomic mass is 10.2. The molecular formula is C11H9N. The Labute approximate surface area is 71.4 Å². The van der Waals surface area contributed by atoms with E-state index in [1.807, 2.05) is 25.1 Å². The van der Waals surface area contributed by atoms with Crippen molar-refractivity contribution in [3.63, 3.8) is 0 Å². The Morgan fingerprint density at radius 2 is 2.17 bits per heavy atom. The summed E-state index contributed by atoms with van der Waals surface area (Å²) in [6, 6.07) is 8.06. The van der Waals surface area contributed by atoms with Gasteiger partial charge in [-0.25, -0.2) is 0 Å². The molecule has 1 heterocycles. The Morgan fingerprint density at radius 1 is 1.33 bits per heavy atom. The van der Waals surface area contributed by atoms with Crippen molar-refractivity contribution in [2.24, 2.45) is 0 Å². The molecule has 12 heavy (non-hydrogen) atoms. The average Bonchev–Trinajstić information content (AvgIpc) is 2.43. The number of aryl methyl sites for hydroxylation is 1. The van der Waals surface area contributed by atoms with Gasteiger partial charge >= 0.3 is 0 Å². The lowest BCUT2D eigenvalue weighted by Crippen LogP contribution is -1.72. The topological polar surface area (TPSA) is 15.8 Å². The van der Waals surface area contributed by atoms with E-state index in [2.05, 4.69) is 17.0 Å². The van der Waals surface area contributed by atoms with E-state index in [0.29, 0.717) is 0 Å². The molecule has 0 saturated carbocycles. The van der Waals surface area contributed by atoms with Crippen LogP contribution in [-0.4, -0.2) is 4.98 Å². The van der Waals surface area contributed by atoms with Crippen LogP contribution in [0.25, 0.3) is 10.9 Å². The highest BCUT2D eigenvalue weighted by molar-refractivity contribution is 5.81. The van der Waals surface area contributed by atoms with Crippen molar-refractivity contribution in [3.05, 3.63) is 35.5 Å². The van der Waals surface area contributed by atoms with Crippen LogP contribution in [0.4, 0.5) is 0 Å². The smallest absolute Gasteiger partial charge is 0.0456 e. The summed E-state index contributed by atoms with van der Waals surface area (Å²) in [6.07, 6.45) is 5.29. The molecule has 0 aliphatic carbocycles. The van der Waals surface area contributed by atoms with Crippen LogP contribution in [0, 0.1) is 19.3 Å². The molecule has 2 rings (SSSR count). The van der Waals surface area contributed by atoms with E-state index in [1.165, 1.54) is 11.1 Å². The largest absolute Gasteiger partial charge is 0.359 e. The quantitative estimate of drug-likeness (QED) is 0.562. The molecule has 0 aliphatic heterocycles. The van der Waals surface area contributed by atoms with Crippen molar-refractivity contribution in [2.75, 3.05) is 0 Å². The number of aromatic nitrogens is 1. The van der Waals surface area contributed by atoms with Crippen molar-refractivity contribution < 1.29 is 0 Å². The van der Waals surface area contributed by atoms with Gasteiger partial charge in [-0.15, -0.1) is 6.42 Å². The number of nitrogens with one attached hydrogen (secondary N) is 1. The highest BCUT2D eigenvalue weighted by atomic mass is 14.7. The predicted octanol–water partition coefficient (Wildman–Crippen LogP) is 2.46. The molecule has 2 aromatic rings. The van der Waals surface area contributed by atoms with Crippen LogP contribution in [0.15, 0.2) is 24.3 Å². The first-order valence-electron chi connectivity index (χ1n) is 3.85. The fraction of sp³-hybridized carbons (Fsp3) is 0.0909. The molecular weight excluding hydrogens is 146 g/mol. The molecule has 0 amide bonds. The number of terminal acetylenes is 1. The molecule has 1 N–H and O–H groups in total. The Bertz CT molecular complexity index is 457. The summed E-state index contributed by atoms with van der Waals surface area (Å²) in [5.74, 6) is 2.61. The van der Waals surface area contributed by atoms with Crippen LogP contribution in [-0.2, 0) is 0 Å². The van der Waals surface area contributed by atoms with Crippen molar-refractivity contribution in [2.45, 2.75) is 6.92 Å². The summed E-state index contributed by atoms with van der Waals surface area (Å²) in [5, 5.41) is 1.18. The zero-order chi connectivity index (χ0) is 8.55. The molecule has 0 bridgehead atoms. The number of hydrogen-bond acceptors (Lipinski definition) is 0. The Balaban J connectivity index is 2.77. The van der Waals surface area contributed by atoms with Gasteiger partial charge in [0.2, 0.25) is 0 Å². The Morgan fingerprint density at radius 3 is 2.92 bits per heavy atom. The second kappa shape index (κ2) is 2.42. The fourth-order valence-corrected chi connectivity index (χ4v) is 1.37. The van der Waals surface area contributed by atoms with Crippen molar-refractivity contribution in [1.82, 2.24) is 4.98 Å². The first-order valence-corrected chi connectivity index (χ1v) is 3.85. The van der Waals surface area contributed by atoms with Gasteiger partial charge in [0, 0.05) is 22.2 Å². The van der Waals surface area contributed by atoms with Gasteiger partial charge in [-0.1, -0.05) is 5.92 Å². The SMILES string of the molecule is C#Cc1ccc2[nH]c(C)cc2c1. The number of H-pyrrole nitrogens is 1. The van der Waals surface area contributed by atoms with Crippen molar-refractivity contribution in [1.29, 1.82) is 0 Å². The molecule has 0 fully saturated rings. The number of benzene rings is 1. The number of fused-ring (bicyclic) bond motifs is 1. The third-order valence-electron chi connectivity index (χ3n) is 1.92. The van der Waals surface area contributed by atoms with Crippen LogP contribution in [0.2, 0.25) is 0 Å². The maximum Gasteiger partial charge on any atom is 0.0456 e. The lowest BCUT2D eigenvalue weighted by Gasteiger charge is -1.90. The van der Waals surface area contributed by atoms with E-state index in [4.69, 9.17) is 6.42 Å². The standard InChI is InChI=1S/C11H9N/c1-3-9-4-5-11-10(7-9)6-8(2)12-11/h1,4-7,12H,2H3. The van der Waals surface area contributed by atoms with E-state index in [-0.39, 0.29) is 0 Å². The number of aromatic amines is 1. The molecule has 1 aromatic carbocycles. The molecule has 58 valence electrons. The fourth-order valence-electron chi connectivity index (χ4n) is 1.37. The summed E-state index contributed by atoms with van der Waals surface area (Å²) < 4.78 is 0. The third kappa shape index (κ3) is 0.981.